The van der Waals surface area contributed by atoms with E-state index in [0.717, 1.165) is 30.2 Å². The molecule has 156 valence electrons. The van der Waals surface area contributed by atoms with Gasteiger partial charge in [0.25, 0.3) is 0 Å². The molecule has 1 aliphatic heterocycles. The quantitative estimate of drug-likeness (QED) is 0.593. The van der Waals surface area contributed by atoms with E-state index < -0.39 is 6.03 Å². The number of pyridine rings is 2. The number of nitrogens with one attached hydrogen (secondary N) is 2. The highest BCUT2D eigenvalue weighted by atomic mass is 32.1. The summed E-state index contributed by atoms with van der Waals surface area (Å²) in [6.07, 6.45) is 7.26. The van der Waals surface area contributed by atoms with E-state index in [1.165, 1.54) is 30.6 Å². The van der Waals surface area contributed by atoms with Gasteiger partial charge in [0.2, 0.25) is 5.88 Å². The zero-order chi connectivity index (χ0) is 20.6. The van der Waals surface area contributed by atoms with E-state index in [4.69, 9.17) is 4.74 Å². The first-order valence-corrected chi connectivity index (χ1v) is 10.9. The predicted molar refractivity (Wildman–Crippen MR) is 118 cm³/mol. The third kappa shape index (κ3) is 5.74. The molecule has 4 rings (SSSR count). The largest absolute Gasteiger partial charge is 0.476 e. The molecule has 0 radical (unpaired) electrons. The lowest BCUT2D eigenvalue weighted by Gasteiger charge is -2.26. The molecule has 0 unspecified atom stereocenters. The highest BCUT2D eigenvalue weighted by molar-refractivity contribution is 7.13. The van der Waals surface area contributed by atoms with Gasteiger partial charge in [0.05, 0.1) is 0 Å². The molecule has 30 heavy (non-hydrogen) atoms. The van der Waals surface area contributed by atoms with Crippen molar-refractivity contribution in [1.29, 1.82) is 0 Å². The van der Waals surface area contributed by atoms with Crippen LogP contribution in [0.5, 0.6) is 5.88 Å². The zero-order valence-corrected chi connectivity index (χ0v) is 17.4. The monoisotopic (exact) mass is 424 g/mol. The summed E-state index contributed by atoms with van der Waals surface area (Å²) < 4.78 is 5.76. The summed E-state index contributed by atoms with van der Waals surface area (Å²) in [5.41, 5.74) is 0.958. The van der Waals surface area contributed by atoms with Crippen molar-refractivity contribution in [2.75, 3.05) is 36.9 Å². The minimum Gasteiger partial charge on any atom is -0.476 e. The second kappa shape index (κ2) is 10.1. The molecular formula is C21H24N6O2S. The molecule has 1 aliphatic rings. The van der Waals surface area contributed by atoms with E-state index in [1.54, 1.807) is 29.9 Å². The van der Waals surface area contributed by atoms with Gasteiger partial charge in [-0.15, -0.1) is 11.3 Å². The topological polar surface area (TPSA) is 92.3 Å². The number of thiazole rings is 1. The molecule has 0 aliphatic carbocycles. The lowest BCUT2D eigenvalue weighted by atomic mass is 10.1. The van der Waals surface area contributed by atoms with E-state index in [2.05, 4.69) is 30.5 Å². The van der Waals surface area contributed by atoms with Crippen LogP contribution in [-0.4, -0.2) is 52.1 Å². The van der Waals surface area contributed by atoms with Crippen molar-refractivity contribution >= 4 is 29.0 Å². The van der Waals surface area contributed by atoms with E-state index >= 15 is 0 Å². The van der Waals surface area contributed by atoms with Crippen LogP contribution < -0.4 is 15.4 Å². The fraction of sp³-hybridized carbons (Fsp3) is 0.333. The van der Waals surface area contributed by atoms with Crippen LogP contribution >= 0.6 is 11.3 Å². The smallest absolute Gasteiger partial charge is 0.326 e. The average molecular weight is 425 g/mol. The van der Waals surface area contributed by atoms with Crippen LogP contribution in [0.15, 0.2) is 48.1 Å². The third-order valence-corrected chi connectivity index (χ3v) is 5.64. The Kier molecular flexibility index (Phi) is 6.83. The molecule has 2 amide bonds. The fourth-order valence-corrected chi connectivity index (χ4v) is 4.01. The Hall–Kier alpha value is -3.04. The maximum Gasteiger partial charge on any atom is 0.326 e. The van der Waals surface area contributed by atoms with Crippen LogP contribution in [0.3, 0.4) is 0 Å². The van der Waals surface area contributed by atoms with Gasteiger partial charge < -0.3 is 4.74 Å². The molecule has 2 N–H and O–H groups in total. The summed E-state index contributed by atoms with van der Waals surface area (Å²) in [4.78, 5) is 27.5. The van der Waals surface area contributed by atoms with Gasteiger partial charge in [-0.05, 0) is 44.1 Å². The Morgan fingerprint density at radius 3 is 2.67 bits per heavy atom. The van der Waals surface area contributed by atoms with Gasteiger partial charge in [-0.1, -0.05) is 12.5 Å². The predicted octanol–water partition coefficient (Wildman–Crippen LogP) is 4.11. The number of hydrogen-bond donors (Lipinski definition) is 2. The lowest BCUT2D eigenvalue weighted by molar-refractivity contribution is 0.180. The minimum atomic E-state index is -0.403. The van der Waals surface area contributed by atoms with Crippen LogP contribution in [0.4, 0.5) is 16.4 Å². The Bertz CT molecular complexity index is 959. The van der Waals surface area contributed by atoms with Gasteiger partial charge in [-0.25, -0.2) is 9.78 Å². The zero-order valence-electron chi connectivity index (χ0n) is 16.6. The number of anilines is 2. The van der Waals surface area contributed by atoms with Gasteiger partial charge in [0.15, 0.2) is 0 Å². The molecule has 0 atom stereocenters. The number of ether oxygens (including phenoxy) is 1. The average Bonchev–Trinajstić information content (AvgIpc) is 3.24. The number of piperidine rings is 1. The third-order valence-electron chi connectivity index (χ3n) is 4.74. The van der Waals surface area contributed by atoms with Crippen molar-refractivity contribution in [2.45, 2.75) is 19.3 Å². The maximum atomic E-state index is 12.3. The van der Waals surface area contributed by atoms with Crippen molar-refractivity contribution in [3.8, 4) is 16.5 Å². The van der Waals surface area contributed by atoms with Gasteiger partial charge in [-0.3, -0.25) is 20.5 Å². The minimum absolute atomic E-state index is 0.403. The van der Waals surface area contributed by atoms with E-state index in [0.29, 0.717) is 24.1 Å². The number of hydrogen-bond acceptors (Lipinski definition) is 7. The maximum absolute atomic E-state index is 12.3. The number of likely N-dealkylation sites (tertiary alicyclic amines) is 1. The van der Waals surface area contributed by atoms with Gasteiger partial charge >= 0.3 is 6.03 Å². The molecule has 0 aromatic carbocycles. The van der Waals surface area contributed by atoms with Crippen molar-refractivity contribution < 1.29 is 9.53 Å². The van der Waals surface area contributed by atoms with E-state index in [1.807, 2.05) is 18.2 Å². The first-order valence-electron chi connectivity index (χ1n) is 10.0. The first kappa shape index (κ1) is 20.2. The van der Waals surface area contributed by atoms with Gasteiger partial charge in [0.1, 0.15) is 23.3 Å². The van der Waals surface area contributed by atoms with Crippen molar-refractivity contribution in [1.82, 2.24) is 19.9 Å². The second-order valence-corrected chi connectivity index (χ2v) is 7.82. The SMILES string of the molecule is O=C(Nc1cccc(OCCN2CCCCC2)n1)Nc1csc(-c2ccncc2)n1. The van der Waals surface area contributed by atoms with E-state index in [9.17, 15) is 4.79 Å². The molecule has 0 bridgehead atoms. The Morgan fingerprint density at radius 1 is 1.03 bits per heavy atom. The molecule has 9 heteroatoms. The van der Waals surface area contributed by atoms with Crippen molar-refractivity contribution in [3.05, 3.63) is 48.1 Å². The van der Waals surface area contributed by atoms with Crippen LogP contribution in [0.2, 0.25) is 0 Å². The number of carbonyl (C=O) groups excluding carboxylic acids is 1. The second-order valence-electron chi connectivity index (χ2n) is 6.96. The molecule has 1 saturated heterocycles. The molecule has 3 aromatic heterocycles. The molecular weight excluding hydrogens is 400 g/mol. The number of nitrogens with zero attached hydrogens (tertiary/aromatic N) is 4. The Morgan fingerprint density at radius 2 is 1.83 bits per heavy atom. The Balaban J connectivity index is 1.27. The van der Waals surface area contributed by atoms with Gasteiger partial charge in [0, 0.05) is 35.9 Å². The Labute approximate surface area is 179 Å². The summed E-state index contributed by atoms with van der Waals surface area (Å²) in [5, 5.41) is 8.06. The van der Waals surface area contributed by atoms with Crippen LogP contribution in [0.25, 0.3) is 10.6 Å². The number of carbonyl (C=O) groups is 1. The molecule has 4 heterocycles. The molecule has 3 aromatic rings. The number of amides is 2. The summed E-state index contributed by atoms with van der Waals surface area (Å²) in [7, 11) is 0. The van der Waals surface area contributed by atoms with E-state index in [-0.39, 0.29) is 0 Å². The summed E-state index contributed by atoms with van der Waals surface area (Å²) in [6.45, 7) is 3.75. The summed E-state index contributed by atoms with van der Waals surface area (Å²) in [6, 6.07) is 8.68. The molecule has 0 saturated carbocycles. The molecule has 1 fully saturated rings. The highest BCUT2D eigenvalue weighted by Gasteiger charge is 2.11. The standard InChI is InChI=1S/C21H24N6O2S/c28-21(26-18-15-30-20(24-18)16-7-9-22-10-8-16)25-17-5-4-6-19(23-17)29-14-13-27-11-2-1-3-12-27/h4-10,15H,1-3,11-14H2,(H2,23,25,26,28). The first-order chi connectivity index (χ1) is 14.8. The van der Waals surface area contributed by atoms with Crippen molar-refractivity contribution in [3.63, 3.8) is 0 Å². The lowest BCUT2D eigenvalue weighted by Crippen LogP contribution is -2.33. The molecule has 0 spiro atoms. The summed E-state index contributed by atoms with van der Waals surface area (Å²) >= 11 is 1.45. The number of aromatic nitrogens is 3. The number of rotatable bonds is 7. The van der Waals surface area contributed by atoms with Crippen molar-refractivity contribution in [2.24, 2.45) is 0 Å². The van der Waals surface area contributed by atoms with Crippen LogP contribution in [0, 0.1) is 0 Å². The molecule has 8 nitrogen and oxygen atoms in total. The number of urea groups is 1. The van der Waals surface area contributed by atoms with Crippen LogP contribution in [-0.2, 0) is 0 Å². The summed E-state index contributed by atoms with van der Waals surface area (Å²) in [5.74, 6) is 1.41. The van der Waals surface area contributed by atoms with Crippen LogP contribution in [0.1, 0.15) is 19.3 Å². The fourth-order valence-electron chi connectivity index (χ4n) is 3.25. The van der Waals surface area contributed by atoms with Gasteiger partial charge in [-0.2, -0.15) is 4.98 Å². The highest BCUT2D eigenvalue weighted by Crippen LogP contribution is 2.25. The normalized spacial score (nSPS) is 14.3.